The van der Waals surface area contributed by atoms with Crippen molar-refractivity contribution in [3.8, 4) is 0 Å². The summed E-state index contributed by atoms with van der Waals surface area (Å²) in [5, 5.41) is 7.17. The van der Waals surface area contributed by atoms with E-state index in [9.17, 15) is 9.59 Å². The fourth-order valence-corrected chi connectivity index (χ4v) is 5.42. The van der Waals surface area contributed by atoms with E-state index in [-0.39, 0.29) is 17.7 Å². The minimum atomic E-state index is -0.00665. The van der Waals surface area contributed by atoms with Crippen LogP contribution in [0.5, 0.6) is 0 Å². The molecule has 3 heterocycles. The number of hydrogen-bond donors (Lipinski definition) is 2. The van der Waals surface area contributed by atoms with E-state index >= 15 is 0 Å². The van der Waals surface area contributed by atoms with Gasteiger partial charge >= 0.3 is 0 Å². The van der Waals surface area contributed by atoms with E-state index in [0.29, 0.717) is 18.9 Å². The fourth-order valence-electron chi connectivity index (χ4n) is 4.43. The maximum atomic E-state index is 12.8. The summed E-state index contributed by atoms with van der Waals surface area (Å²) in [4.78, 5) is 38.5. The van der Waals surface area contributed by atoms with Gasteiger partial charge < -0.3 is 15.5 Å². The van der Waals surface area contributed by atoms with Gasteiger partial charge in [-0.05, 0) is 55.9 Å². The Morgan fingerprint density at radius 2 is 1.94 bits per heavy atom. The van der Waals surface area contributed by atoms with Gasteiger partial charge in [0.2, 0.25) is 11.8 Å². The molecule has 0 radical (unpaired) electrons. The first-order chi connectivity index (χ1) is 16.3. The largest absolute Gasteiger partial charge is 0.356 e. The second-order valence-electron chi connectivity index (χ2n) is 9.49. The molecule has 0 bridgehead atoms. The zero-order valence-corrected chi connectivity index (χ0v) is 21.2. The summed E-state index contributed by atoms with van der Waals surface area (Å²) in [5.74, 6) is 1.39. The van der Waals surface area contributed by atoms with E-state index in [2.05, 4.69) is 39.3 Å². The molecule has 0 aliphatic carbocycles. The third-order valence-electron chi connectivity index (χ3n) is 6.38. The Hall–Kier alpha value is -3.00. The van der Waals surface area contributed by atoms with Crippen LogP contribution in [0.4, 0.5) is 11.5 Å². The highest BCUT2D eigenvalue weighted by molar-refractivity contribution is 7.18. The number of fused-ring (bicyclic) bond motifs is 1. The molecule has 180 valence electrons. The number of aryl methyl sites for hydroxylation is 2. The normalized spacial score (nSPS) is 14.6. The average molecular weight is 480 g/mol. The molecule has 4 rings (SSSR count). The minimum Gasteiger partial charge on any atom is -0.356 e. The number of thiophene rings is 1. The van der Waals surface area contributed by atoms with E-state index in [4.69, 9.17) is 0 Å². The van der Waals surface area contributed by atoms with Gasteiger partial charge in [0.1, 0.15) is 17.0 Å². The maximum Gasteiger partial charge on any atom is 0.224 e. The molecule has 7 nitrogen and oxygen atoms in total. The number of amides is 2. The average Bonchev–Trinajstić information content (AvgIpc) is 3.11. The van der Waals surface area contributed by atoms with Crippen LogP contribution in [0.25, 0.3) is 10.2 Å². The highest BCUT2D eigenvalue weighted by Gasteiger charge is 2.27. The fraction of sp³-hybridized carbons (Fsp3) is 0.462. The summed E-state index contributed by atoms with van der Waals surface area (Å²) in [6, 6.07) is 7.67. The van der Waals surface area contributed by atoms with Crippen molar-refractivity contribution in [3.05, 3.63) is 46.6 Å². The monoisotopic (exact) mass is 479 g/mol. The Labute approximate surface area is 205 Å². The molecule has 0 saturated carbocycles. The van der Waals surface area contributed by atoms with Gasteiger partial charge in [-0.25, -0.2) is 9.97 Å². The summed E-state index contributed by atoms with van der Waals surface area (Å²) in [6.07, 6.45) is 3.73. The number of aromatic nitrogens is 2. The highest BCUT2D eigenvalue weighted by atomic mass is 32.1. The Bertz CT molecular complexity index is 1180. The molecule has 1 aliphatic heterocycles. The molecule has 0 atom stereocenters. The third kappa shape index (κ3) is 5.55. The van der Waals surface area contributed by atoms with Gasteiger partial charge in [-0.15, -0.1) is 11.3 Å². The quantitative estimate of drug-likeness (QED) is 0.507. The molecule has 1 saturated heterocycles. The van der Waals surface area contributed by atoms with Crippen molar-refractivity contribution < 1.29 is 9.59 Å². The predicted octanol–water partition coefficient (Wildman–Crippen LogP) is 4.83. The lowest BCUT2D eigenvalue weighted by atomic mass is 9.95. The SMILES string of the molecule is Cc1sc2ncnc(N3CCC(C(=O)NCc4cccc(NC(=O)CC(C)C)c4)CC3)c2c1C. The van der Waals surface area contributed by atoms with Crippen LogP contribution in [0.3, 0.4) is 0 Å². The lowest BCUT2D eigenvalue weighted by molar-refractivity contribution is -0.125. The lowest BCUT2D eigenvalue weighted by Crippen LogP contribution is -2.40. The number of anilines is 2. The van der Waals surface area contributed by atoms with Crippen LogP contribution in [-0.2, 0) is 16.1 Å². The number of nitrogens with one attached hydrogen (secondary N) is 2. The van der Waals surface area contributed by atoms with Crippen molar-refractivity contribution in [2.75, 3.05) is 23.3 Å². The van der Waals surface area contributed by atoms with Gasteiger partial charge in [0, 0.05) is 42.5 Å². The van der Waals surface area contributed by atoms with Crippen LogP contribution < -0.4 is 15.5 Å². The van der Waals surface area contributed by atoms with Crippen molar-refractivity contribution >= 4 is 44.9 Å². The summed E-state index contributed by atoms with van der Waals surface area (Å²) < 4.78 is 0. The molecule has 1 fully saturated rings. The molecule has 34 heavy (non-hydrogen) atoms. The van der Waals surface area contributed by atoms with Crippen LogP contribution in [0.15, 0.2) is 30.6 Å². The first kappa shape index (κ1) is 24.1. The number of piperidine rings is 1. The van der Waals surface area contributed by atoms with Crippen molar-refractivity contribution in [1.29, 1.82) is 0 Å². The van der Waals surface area contributed by atoms with Crippen LogP contribution in [0.2, 0.25) is 0 Å². The van der Waals surface area contributed by atoms with E-state index in [1.54, 1.807) is 17.7 Å². The van der Waals surface area contributed by atoms with Gasteiger partial charge in [0.05, 0.1) is 5.39 Å². The van der Waals surface area contributed by atoms with Gasteiger partial charge in [0.25, 0.3) is 0 Å². The molecule has 2 N–H and O–H groups in total. The van der Waals surface area contributed by atoms with Crippen LogP contribution in [0, 0.1) is 25.7 Å². The summed E-state index contributed by atoms with van der Waals surface area (Å²) >= 11 is 1.71. The van der Waals surface area contributed by atoms with Crippen LogP contribution in [0.1, 0.15) is 49.1 Å². The summed E-state index contributed by atoms with van der Waals surface area (Å²) in [6.45, 7) is 10.4. The molecule has 1 aromatic carbocycles. The minimum absolute atomic E-state index is 0.00665. The zero-order chi connectivity index (χ0) is 24.2. The number of hydrogen-bond acceptors (Lipinski definition) is 6. The van der Waals surface area contributed by atoms with Crippen molar-refractivity contribution in [3.63, 3.8) is 0 Å². The van der Waals surface area contributed by atoms with Gasteiger partial charge in [-0.2, -0.15) is 0 Å². The topological polar surface area (TPSA) is 87.2 Å². The van der Waals surface area contributed by atoms with Gasteiger partial charge in [0.15, 0.2) is 0 Å². The van der Waals surface area contributed by atoms with Crippen molar-refractivity contribution in [2.45, 2.75) is 53.5 Å². The maximum absolute atomic E-state index is 12.8. The first-order valence-corrected chi connectivity index (χ1v) is 12.8. The molecule has 1 aliphatic rings. The molecule has 2 aromatic heterocycles. The number of carbonyl (C=O) groups is 2. The van der Waals surface area contributed by atoms with Crippen molar-refractivity contribution in [1.82, 2.24) is 15.3 Å². The first-order valence-electron chi connectivity index (χ1n) is 11.9. The number of carbonyl (C=O) groups excluding carboxylic acids is 2. The molecule has 3 aromatic rings. The highest BCUT2D eigenvalue weighted by Crippen LogP contribution is 2.35. The third-order valence-corrected chi connectivity index (χ3v) is 7.50. The van der Waals surface area contributed by atoms with Gasteiger partial charge in [-0.1, -0.05) is 26.0 Å². The Morgan fingerprint density at radius 3 is 2.68 bits per heavy atom. The molecular weight excluding hydrogens is 446 g/mol. The van der Waals surface area contributed by atoms with E-state index in [1.807, 2.05) is 38.1 Å². The molecule has 8 heteroatoms. The smallest absolute Gasteiger partial charge is 0.224 e. The van der Waals surface area contributed by atoms with E-state index in [0.717, 1.165) is 53.2 Å². The summed E-state index contributed by atoms with van der Waals surface area (Å²) in [7, 11) is 0. The number of benzene rings is 1. The van der Waals surface area contributed by atoms with Crippen LogP contribution >= 0.6 is 11.3 Å². The Morgan fingerprint density at radius 1 is 1.18 bits per heavy atom. The Balaban J connectivity index is 1.31. The molecular formula is C26H33N5O2S. The lowest BCUT2D eigenvalue weighted by Gasteiger charge is -2.32. The Kier molecular flexibility index (Phi) is 7.46. The van der Waals surface area contributed by atoms with Gasteiger partial charge in [-0.3, -0.25) is 9.59 Å². The number of rotatable bonds is 7. The predicted molar refractivity (Wildman–Crippen MR) is 138 cm³/mol. The van der Waals surface area contributed by atoms with Crippen molar-refractivity contribution in [2.24, 2.45) is 11.8 Å². The second-order valence-corrected chi connectivity index (χ2v) is 10.7. The number of nitrogens with zero attached hydrogens (tertiary/aromatic N) is 3. The summed E-state index contributed by atoms with van der Waals surface area (Å²) in [5.41, 5.74) is 2.98. The zero-order valence-electron chi connectivity index (χ0n) is 20.4. The second kappa shape index (κ2) is 10.5. The molecule has 0 spiro atoms. The van der Waals surface area contributed by atoms with E-state index in [1.165, 1.54) is 10.4 Å². The molecule has 2 amide bonds. The van der Waals surface area contributed by atoms with Crippen LogP contribution in [-0.4, -0.2) is 34.9 Å². The molecule has 0 unspecified atom stereocenters. The van der Waals surface area contributed by atoms with E-state index < -0.39 is 0 Å². The standard InChI is InChI=1S/C26H33N5O2S/c1-16(2)12-22(32)30-21-7-5-6-19(13-21)14-27-25(33)20-8-10-31(11-9-20)24-23-17(3)18(4)34-26(23)29-15-28-24/h5-7,13,15-16,20H,8-12,14H2,1-4H3,(H,27,33)(H,30,32).